The van der Waals surface area contributed by atoms with E-state index in [-0.39, 0.29) is 30.8 Å². The number of nitrogens with zero attached hydrogens (tertiary/aromatic N) is 1. The molecule has 0 aliphatic carbocycles. The molecule has 0 saturated carbocycles. The molecule has 1 fully saturated rings. The van der Waals surface area contributed by atoms with Crippen molar-refractivity contribution in [3.63, 3.8) is 0 Å². The van der Waals surface area contributed by atoms with E-state index in [1.165, 1.54) is 12.1 Å². The van der Waals surface area contributed by atoms with Crippen molar-refractivity contribution in [1.29, 1.82) is 0 Å². The number of carbonyl (C=O) groups is 2. The molecule has 1 aromatic carbocycles. The van der Waals surface area contributed by atoms with Crippen LogP contribution in [-0.2, 0) is 9.59 Å². The van der Waals surface area contributed by atoms with Crippen LogP contribution in [-0.4, -0.2) is 54.7 Å². The molecular weight excluding hydrogens is 291 g/mol. The van der Waals surface area contributed by atoms with Gasteiger partial charge in [-0.3, -0.25) is 14.5 Å². The Morgan fingerprint density at radius 3 is 2.95 bits per heavy atom. The number of hydrogen-bond donors (Lipinski definition) is 2. The summed E-state index contributed by atoms with van der Waals surface area (Å²) in [5.74, 6) is -1.33. The number of aliphatic carboxylic acids is 1. The van der Waals surface area contributed by atoms with Crippen molar-refractivity contribution in [3.8, 4) is 5.75 Å². The number of carbonyl (C=O) groups excluding carboxylic acids is 1. The van der Waals surface area contributed by atoms with Gasteiger partial charge < -0.3 is 15.2 Å². The highest BCUT2D eigenvalue weighted by Gasteiger charge is 2.28. The highest BCUT2D eigenvalue weighted by Crippen LogP contribution is 2.15. The van der Waals surface area contributed by atoms with E-state index in [9.17, 15) is 14.0 Å². The molecule has 1 unspecified atom stereocenters. The SMILES string of the molecule is O=C(CN1CCC(C(=O)O)C1)NCCOc1cccc(F)c1. The van der Waals surface area contributed by atoms with Crippen LogP contribution in [0, 0.1) is 11.7 Å². The smallest absolute Gasteiger partial charge is 0.307 e. The van der Waals surface area contributed by atoms with Crippen LogP contribution >= 0.6 is 0 Å². The molecule has 22 heavy (non-hydrogen) atoms. The summed E-state index contributed by atoms with van der Waals surface area (Å²) in [6.45, 7) is 1.76. The Morgan fingerprint density at radius 1 is 1.45 bits per heavy atom. The summed E-state index contributed by atoms with van der Waals surface area (Å²) in [5, 5.41) is 11.6. The van der Waals surface area contributed by atoms with E-state index < -0.39 is 5.97 Å². The zero-order valence-corrected chi connectivity index (χ0v) is 12.1. The first kappa shape index (κ1) is 16.2. The monoisotopic (exact) mass is 310 g/mol. The molecule has 0 aromatic heterocycles. The van der Waals surface area contributed by atoms with Gasteiger partial charge >= 0.3 is 5.97 Å². The van der Waals surface area contributed by atoms with Crippen LogP contribution in [0.4, 0.5) is 4.39 Å². The molecule has 2 N–H and O–H groups in total. The molecule has 1 heterocycles. The number of carboxylic acid groups (broad SMARTS) is 1. The van der Waals surface area contributed by atoms with Crippen molar-refractivity contribution in [3.05, 3.63) is 30.1 Å². The number of halogens is 1. The second-order valence-corrected chi connectivity index (χ2v) is 5.21. The zero-order chi connectivity index (χ0) is 15.9. The van der Waals surface area contributed by atoms with E-state index >= 15 is 0 Å². The first-order valence-electron chi connectivity index (χ1n) is 7.15. The summed E-state index contributed by atoms with van der Waals surface area (Å²) < 4.78 is 18.2. The molecular formula is C15H19FN2O4. The lowest BCUT2D eigenvalue weighted by molar-refractivity contribution is -0.141. The molecule has 1 aliphatic heterocycles. The van der Waals surface area contributed by atoms with Gasteiger partial charge in [-0.15, -0.1) is 0 Å². The van der Waals surface area contributed by atoms with E-state index in [0.29, 0.717) is 31.8 Å². The van der Waals surface area contributed by atoms with Gasteiger partial charge in [0.25, 0.3) is 0 Å². The number of rotatable bonds is 7. The van der Waals surface area contributed by atoms with Gasteiger partial charge in [-0.1, -0.05) is 6.07 Å². The largest absolute Gasteiger partial charge is 0.492 e. The van der Waals surface area contributed by atoms with Crippen LogP contribution in [0.15, 0.2) is 24.3 Å². The van der Waals surface area contributed by atoms with Crippen molar-refractivity contribution >= 4 is 11.9 Å². The molecule has 6 nitrogen and oxygen atoms in total. The van der Waals surface area contributed by atoms with Crippen LogP contribution in [0.5, 0.6) is 5.75 Å². The minimum atomic E-state index is -0.814. The minimum Gasteiger partial charge on any atom is -0.492 e. The molecule has 120 valence electrons. The first-order valence-corrected chi connectivity index (χ1v) is 7.15. The third-order valence-electron chi connectivity index (χ3n) is 3.48. The van der Waals surface area contributed by atoms with Crippen molar-refractivity contribution in [2.45, 2.75) is 6.42 Å². The van der Waals surface area contributed by atoms with E-state index in [0.717, 1.165) is 0 Å². The Kier molecular flexibility index (Phi) is 5.71. The molecule has 0 spiro atoms. The van der Waals surface area contributed by atoms with Crippen LogP contribution in [0.1, 0.15) is 6.42 Å². The molecule has 1 aromatic rings. The Balaban J connectivity index is 1.61. The van der Waals surface area contributed by atoms with E-state index in [1.807, 2.05) is 4.90 Å². The van der Waals surface area contributed by atoms with Crippen LogP contribution in [0.2, 0.25) is 0 Å². The van der Waals surface area contributed by atoms with Crippen molar-refractivity contribution in [1.82, 2.24) is 10.2 Å². The maximum atomic E-state index is 12.9. The average Bonchev–Trinajstić information content (AvgIpc) is 2.92. The first-order chi connectivity index (χ1) is 10.5. The summed E-state index contributed by atoms with van der Waals surface area (Å²) in [6.07, 6.45) is 0.575. The van der Waals surface area contributed by atoms with Crippen LogP contribution in [0.3, 0.4) is 0 Å². The number of benzene rings is 1. The summed E-state index contributed by atoms with van der Waals surface area (Å²) in [7, 11) is 0. The van der Waals surface area contributed by atoms with Gasteiger partial charge in [-0.2, -0.15) is 0 Å². The maximum Gasteiger partial charge on any atom is 0.307 e. The molecule has 7 heteroatoms. The number of carboxylic acids is 1. The highest BCUT2D eigenvalue weighted by atomic mass is 19.1. The van der Waals surface area contributed by atoms with Crippen LogP contribution < -0.4 is 10.1 Å². The maximum absolute atomic E-state index is 12.9. The van der Waals surface area contributed by atoms with Crippen molar-refractivity contribution < 1.29 is 23.8 Å². The summed E-state index contributed by atoms with van der Waals surface area (Å²) >= 11 is 0. The summed E-state index contributed by atoms with van der Waals surface area (Å²) in [4.78, 5) is 24.4. The molecule has 0 bridgehead atoms. The van der Waals surface area contributed by atoms with Gasteiger partial charge in [0.2, 0.25) is 5.91 Å². The third kappa shape index (κ3) is 5.00. The summed E-state index contributed by atoms with van der Waals surface area (Å²) in [5.41, 5.74) is 0. The zero-order valence-electron chi connectivity index (χ0n) is 12.1. The number of hydrogen-bond acceptors (Lipinski definition) is 4. The molecule has 1 aliphatic rings. The molecule has 0 radical (unpaired) electrons. The summed E-state index contributed by atoms with van der Waals surface area (Å²) in [6, 6.07) is 5.80. The average molecular weight is 310 g/mol. The van der Waals surface area contributed by atoms with Gasteiger partial charge in [0, 0.05) is 12.6 Å². The Labute approximate surface area is 127 Å². The highest BCUT2D eigenvalue weighted by molar-refractivity contribution is 5.78. The van der Waals surface area contributed by atoms with Gasteiger partial charge in [0.05, 0.1) is 19.0 Å². The van der Waals surface area contributed by atoms with Gasteiger partial charge in [-0.05, 0) is 25.1 Å². The number of nitrogens with one attached hydrogen (secondary N) is 1. The number of amides is 1. The predicted molar refractivity (Wildman–Crippen MR) is 77.1 cm³/mol. The quantitative estimate of drug-likeness (QED) is 0.726. The lowest BCUT2D eigenvalue weighted by Gasteiger charge is -2.15. The second-order valence-electron chi connectivity index (χ2n) is 5.21. The minimum absolute atomic E-state index is 0.172. The number of likely N-dealkylation sites (tertiary alicyclic amines) is 1. The molecule has 2 rings (SSSR count). The van der Waals surface area contributed by atoms with Gasteiger partial charge in [0.1, 0.15) is 18.2 Å². The molecule has 1 saturated heterocycles. The lowest BCUT2D eigenvalue weighted by Crippen LogP contribution is -2.38. The lowest BCUT2D eigenvalue weighted by atomic mass is 10.1. The van der Waals surface area contributed by atoms with Crippen LogP contribution in [0.25, 0.3) is 0 Å². The predicted octanol–water partition coefficient (Wildman–Crippen LogP) is 0.727. The van der Waals surface area contributed by atoms with E-state index in [1.54, 1.807) is 12.1 Å². The normalized spacial score (nSPS) is 18.1. The fraction of sp³-hybridized carbons (Fsp3) is 0.467. The number of ether oxygens (including phenoxy) is 1. The fourth-order valence-corrected chi connectivity index (χ4v) is 2.35. The Morgan fingerprint density at radius 2 is 2.27 bits per heavy atom. The molecule has 1 amide bonds. The van der Waals surface area contributed by atoms with Gasteiger partial charge in [-0.25, -0.2) is 4.39 Å². The van der Waals surface area contributed by atoms with Gasteiger partial charge in [0.15, 0.2) is 0 Å². The fourth-order valence-electron chi connectivity index (χ4n) is 2.35. The standard InChI is InChI=1S/C15H19FN2O4/c16-12-2-1-3-13(8-12)22-7-5-17-14(19)10-18-6-4-11(9-18)15(20)21/h1-3,8,11H,4-7,9-10H2,(H,17,19)(H,20,21). The Bertz CT molecular complexity index is 538. The molecule has 1 atom stereocenters. The Hall–Kier alpha value is -2.15. The third-order valence-corrected chi connectivity index (χ3v) is 3.48. The van der Waals surface area contributed by atoms with Crippen molar-refractivity contribution in [2.24, 2.45) is 5.92 Å². The van der Waals surface area contributed by atoms with E-state index in [2.05, 4.69) is 5.32 Å². The second kappa shape index (κ2) is 7.74. The van der Waals surface area contributed by atoms with Crippen molar-refractivity contribution in [2.75, 3.05) is 32.8 Å². The topological polar surface area (TPSA) is 78.9 Å². The van der Waals surface area contributed by atoms with E-state index in [4.69, 9.17) is 9.84 Å².